The van der Waals surface area contributed by atoms with Crippen molar-refractivity contribution in [3.63, 3.8) is 0 Å². The van der Waals surface area contributed by atoms with Crippen LogP contribution in [0.4, 0.5) is 10.1 Å². The molecule has 0 aliphatic rings. The van der Waals surface area contributed by atoms with Crippen LogP contribution in [0.2, 0.25) is 0 Å². The molecule has 0 aliphatic heterocycles. The Morgan fingerprint density at radius 3 is 2.78 bits per heavy atom. The van der Waals surface area contributed by atoms with Gasteiger partial charge in [0.2, 0.25) is 0 Å². The van der Waals surface area contributed by atoms with E-state index < -0.39 is 5.82 Å². The monoisotopic (exact) mass is 310 g/mol. The zero-order chi connectivity index (χ0) is 16.2. The Morgan fingerprint density at radius 2 is 2.00 bits per heavy atom. The molecule has 0 saturated carbocycles. The number of para-hydroxylation sites is 1. The number of carbonyl (C=O) groups is 1. The highest BCUT2D eigenvalue weighted by Crippen LogP contribution is 2.21. The number of amides is 1. The van der Waals surface area contributed by atoms with Gasteiger partial charge < -0.3 is 10.1 Å². The summed E-state index contributed by atoms with van der Waals surface area (Å²) in [5, 5.41) is 3.59. The lowest BCUT2D eigenvalue weighted by Gasteiger charge is -2.08. The molecule has 1 amide bonds. The summed E-state index contributed by atoms with van der Waals surface area (Å²) in [5.41, 5.74) is 1.36. The lowest BCUT2D eigenvalue weighted by Crippen LogP contribution is -2.13. The van der Waals surface area contributed by atoms with Crippen molar-refractivity contribution < 1.29 is 13.9 Å². The summed E-state index contributed by atoms with van der Waals surface area (Å²) < 4.78 is 18.9. The fourth-order valence-electron chi connectivity index (χ4n) is 2.24. The van der Waals surface area contributed by atoms with E-state index in [0.717, 1.165) is 10.9 Å². The molecule has 0 atom stereocenters. The number of fused-ring (bicyclic) bond motifs is 1. The Hall–Kier alpha value is -2.95. The van der Waals surface area contributed by atoms with Crippen LogP contribution in [-0.2, 0) is 0 Å². The van der Waals surface area contributed by atoms with Crippen molar-refractivity contribution in [1.82, 2.24) is 4.98 Å². The van der Waals surface area contributed by atoms with E-state index in [0.29, 0.717) is 12.3 Å². The van der Waals surface area contributed by atoms with E-state index in [1.165, 1.54) is 12.1 Å². The van der Waals surface area contributed by atoms with Crippen LogP contribution in [0.25, 0.3) is 10.9 Å². The van der Waals surface area contributed by atoms with Crippen LogP contribution < -0.4 is 10.1 Å². The van der Waals surface area contributed by atoms with E-state index >= 15 is 0 Å². The van der Waals surface area contributed by atoms with Gasteiger partial charge in [-0.3, -0.25) is 4.79 Å². The van der Waals surface area contributed by atoms with Gasteiger partial charge >= 0.3 is 0 Å². The number of ether oxygens (including phenoxy) is 1. The quantitative estimate of drug-likeness (QED) is 0.791. The molecule has 1 aromatic heterocycles. The number of aromatic nitrogens is 1. The largest absolute Gasteiger partial charge is 0.491 e. The number of hydrogen-bond donors (Lipinski definition) is 1. The van der Waals surface area contributed by atoms with Gasteiger partial charge in [0.15, 0.2) is 11.6 Å². The summed E-state index contributed by atoms with van der Waals surface area (Å²) in [6.45, 7) is 2.16. The van der Waals surface area contributed by atoms with E-state index in [1.54, 1.807) is 19.1 Å². The molecule has 0 saturated heterocycles. The first kappa shape index (κ1) is 15.0. The van der Waals surface area contributed by atoms with Crippen LogP contribution in [0, 0.1) is 5.82 Å². The van der Waals surface area contributed by atoms with Crippen LogP contribution in [0.1, 0.15) is 17.4 Å². The Kier molecular flexibility index (Phi) is 4.19. The maximum atomic E-state index is 13.8. The maximum Gasteiger partial charge on any atom is 0.274 e. The molecule has 0 fully saturated rings. The fourth-order valence-corrected chi connectivity index (χ4v) is 2.24. The number of benzene rings is 2. The Bertz CT molecular complexity index is 865. The van der Waals surface area contributed by atoms with Crippen LogP contribution >= 0.6 is 0 Å². The van der Waals surface area contributed by atoms with Crippen LogP contribution in [0.15, 0.2) is 54.6 Å². The van der Waals surface area contributed by atoms with Crippen LogP contribution in [0.5, 0.6) is 5.75 Å². The molecular formula is C18H15FN2O2. The first-order valence-corrected chi connectivity index (χ1v) is 7.27. The average molecular weight is 310 g/mol. The number of halogens is 1. The standard InChI is InChI=1S/C18H15FN2O2/c1-2-23-17-10-8-13(11-14(17)19)20-18(22)16-9-7-12-5-3-4-6-15(12)21-16/h3-11H,2H2,1H3,(H,20,22). The molecule has 2 aromatic carbocycles. The molecule has 23 heavy (non-hydrogen) atoms. The first-order chi connectivity index (χ1) is 11.2. The van der Waals surface area contributed by atoms with Gasteiger partial charge in [0, 0.05) is 17.1 Å². The van der Waals surface area contributed by atoms with Crippen molar-refractivity contribution in [3.05, 3.63) is 66.1 Å². The second-order valence-corrected chi connectivity index (χ2v) is 4.92. The highest BCUT2D eigenvalue weighted by atomic mass is 19.1. The molecule has 5 heteroatoms. The van der Waals surface area contributed by atoms with Gasteiger partial charge in [0.25, 0.3) is 5.91 Å². The number of pyridine rings is 1. The zero-order valence-electron chi connectivity index (χ0n) is 12.5. The summed E-state index contributed by atoms with van der Waals surface area (Å²) in [6, 6.07) is 15.3. The molecule has 0 radical (unpaired) electrons. The molecule has 1 heterocycles. The maximum absolute atomic E-state index is 13.8. The number of carbonyl (C=O) groups excluding carboxylic acids is 1. The SMILES string of the molecule is CCOc1ccc(NC(=O)c2ccc3ccccc3n2)cc1F. The zero-order valence-corrected chi connectivity index (χ0v) is 12.5. The number of nitrogens with zero attached hydrogens (tertiary/aromatic N) is 1. The summed E-state index contributed by atoms with van der Waals surface area (Å²) >= 11 is 0. The van der Waals surface area contributed by atoms with Crippen LogP contribution in [0.3, 0.4) is 0 Å². The summed E-state index contributed by atoms with van der Waals surface area (Å²) in [7, 11) is 0. The minimum Gasteiger partial charge on any atom is -0.491 e. The Labute approximate surface area is 132 Å². The third kappa shape index (κ3) is 3.29. The van der Waals surface area contributed by atoms with E-state index in [-0.39, 0.29) is 17.4 Å². The van der Waals surface area contributed by atoms with Gasteiger partial charge in [0.1, 0.15) is 5.69 Å². The molecule has 0 unspecified atom stereocenters. The topological polar surface area (TPSA) is 51.2 Å². The summed E-state index contributed by atoms with van der Waals surface area (Å²) in [5.74, 6) is -0.746. The van der Waals surface area contributed by atoms with Gasteiger partial charge in [-0.15, -0.1) is 0 Å². The van der Waals surface area contributed by atoms with E-state index in [9.17, 15) is 9.18 Å². The predicted molar refractivity (Wildman–Crippen MR) is 87.3 cm³/mol. The van der Waals surface area contributed by atoms with Gasteiger partial charge in [0.05, 0.1) is 12.1 Å². The number of anilines is 1. The molecule has 3 aromatic rings. The van der Waals surface area contributed by atoms with Crippen molar-refractivity contribution in [2.45, 2.75) is 6.92 Å². The van der Waals surface area contributed by atoms with Gasteiger partial charge in [-0.05, 0) is 31.2 Å². The smallest absolute Gasteiger partial charge is 0.274 e. The second kappa shape index (κ2) is 6.44. The Balaban J connectivity index is 1.81. The number of rotatable bonds is 4. The van der Waals surface area contributed by atoms with Crippen molar-refractivity contribution in [2.75, 3.05) is 11.9 Å². The van der Waals surface area contributed by atoms with Gasteiger partial charge in [-0.25, -0.2) is 9.37 Å². The fraction of sp³-hybridized carbons (Fsp3) is 0.111. The van der Waals surface area contributed by atoms with Gasteiger partial charge in [-0.1, -0.05) is 24.3 Å². The third-order valence-corrected chi connectivity index (χ3v) is 3.32. The molecule has 0 bridgehead atoms. The molecule has 1 N–H and O–H groups in total. The van der Waals surface area contributed by atoms with E-state index in [1.807, 2.05) is 30.3 Å². The lowest BCUT2D eigenvalue weighted by atomic mass is 10.2. The number of hydrogen-bond acceptors (Lipinski definition) is 3. The molecular weight excluding hydrogens is 295 g/mol. The van der Waals surface area contributed by atoms with Crippen molar-refractivity contribution in [1.29, 1.82) is 0 Å². The van der Waals surface area contributed by atoms with Crippen molar-refractivity contribution >= 4 is 22.5 Å². The van der Waals surface area contributed by atoms with E-state index in [4.69, 9.17) is 4.74 Å². The normalized spacial score (nSPS) is 10.5. The highest BCUT2D eigenvalue weighted by molar-refractivity contribution is 6.04. The molecule has 3 rings (SSSR count). The third-order valence-electron chi connectivity index (χ3n) is 3.32. The molecule has 0 aliphatic carbocycles. The van der Waals surface area contributed by atoms with Crippen LogP contribution in [-0.4, -0.2) is 17.5 Å². The molecule has 4 nitrogen and oxygen atoms in total. The summed E-state index contributed by atoms with van der Waals surface area (Å²) in [6.07, 6.45) is 0. The predicted octanol–water partition coefficient (Wildman–Crippen LogP) is 4.02. The highest BCUT2D eigenvalue weighted by Gasteiger charge is 2.10. The summed E-state index contributed by atoms with van der Waals surface area (Å²) in [4.78, 5) is 16.6. The number of nitrogens with one attached hydrogen (secondary N) is 1. The average Bonchev–Trinajstić information content (AvgIpc) is 2.57. The first-order valence-electron chi connectivity index (χ1n) is 7.27. The Morgan fingerprint density at radius 1 is 1.17 bits per heavy atom. The minimum absolute atomic E-state index is 0.161. The van der Waals surface area contributed by atoms with Crippen molar-refractivity contribution in [2.24, 2.45) is 0 Å². The lowest BCUT2D eigenvalue weighted by molar-refractivity contribution is 0.102. The molecule has 0 spiro atoms. The second-order valence-electron chi connectivity index (χ2n) is 4.92. The minimum atomic E-state index is -0.517. The van der Waals surface area contributed by atoms with E-state index in [2.05, 4.69) is 10.3 Å². The van der Waals surface area contributed by atoms with Gasteiger partial charge in [-0.2, -0.15) is 0 Å². The van der Waals surface area contributed by atoms with Crippen molar-refractivity contribution in [3.8, 4) is 5.75 Å². The molecule has 116 valence electrons.